The van der Waals surface area contributed by atoms with Crippen LogP contribution in [0.25, 0.3) is 0 Å². The SMILES string of the molecule is C=CCCCc1ccc(O)c(CCCC=C)c1O. The molecule has 0 saturated carbocycles. The van der Waals surface area contributed by atoms with Crippen molar-refractivity contribution in [3.8, 4) is 11.5 Å². The Bertz CT molecular complexity index is 408. The molecule has 0 heterocycles. The fourth-order valence-corrected chi connectivity index (χ4v) is 1.98. The van der Waals surface area contributed by atoms with Gasteiger partial charge in [-0.1, -0.05) is 18.2 Å². The minimum Gasteiger partial charge on any atom is -0.508 e. The molecule has 1 aromatic rings. The van der Waals surface area contributed by atoms with Gasteiger partial charge in [0.15, 0.2) is 0 Å². The average molecular weight is 246 g/mol. The van der Waals surface area contributed by atoms with Gasteiger partial charge < -0.3 is 10.2 Å². The summed E-state index contributed by atoms with van der Waals surface area (Å²) in [6.45, 7) is 7.35. The molecule has 0 fully saturated rings. The fourth-order valence-electron chi connectivity index (χ4n) is 1.98. The predicted octanol–water partition coefficient (Wildman–Crippen LogP) is 4.12. The Balaban J connectivity index is 2.77. The van der Waals surface area contributed by atoms with Gasteiger partial charge in [0, 0.05) is 5.56 Å². The predicted molar refractivity (Wildman–Crippen MR) is 76.0 cm³/mol. The van der Waals surface area contributed by atoms with Gasteiger partial charge in [0.2, 0.25) is 0 Å². The zero-order valence-corrected chi connectivity index (χ0v) is 10.9. The second kappa shape index (κ2) is 7.59. The summed E-state index contributed by atoms with van der Waals surface area (Å²) in [5.74, 6) is 0.437. The van der Waals surface area contributed by atoms with Crippen LogP contribution in [0, 0.1) is 0 Å². The zero-order valence-electron chi connectivity index (χ0n) is 10.9. The van der Waals surface area contributed by atoms with Gasteiger partial charge in [-0.15, -0.1) is 13.2 Å². The molecule has 0 aromatic heterocycles. The van der Waals surface area contributed by atoms with E-state index in [2.05, 4.69) is 13.2 Å². The molecule has 2 nitrogen and oxygen atoms in total. The third kappa shape index (κ3) is 3.95. The summed E-state index contributed by atoms with van der Waals surface area (Å²) in [5, 5.41) is 19.9. The van der Waals surface area contributed by atoms with E-state index in [1.54, 1.807) is 12.1 Å². The Morgan fingerprint density at radius 1 is 0.944 bits per heavy atom. The second-order valence-electron chi connectivity index (χ2n) is 4.43. The molecule has 0 unspecified atom stereocenters. The van der Waals surface area contributed by atoms with Gasteiger partial charge >= 0.3 is 0 Å². The molecule has 98 valence electrons. The fraction of sp³-hybridized carbons (Fsp3) is 0.375. The first kappa shape index (κ1) is 14.4. The Morgan fingerprint density at radius 3 is 2.17 bits per heavy atom. The van der Waals surface area contributed by atoms with Crippen LogP contribution < -0.4 is 0 Å². The Morgan fingerprint density at radius 2 is 1.56 bits per heavy atom. The third-order valence-corrected chi connectivity index (χ3v) is 3.03. The number of phenolic OH excluding ortho intramolecular Hbond substituents is 2. The number of unbranched alkanes of at least 4 members (excludes halogenated alkanes) is 2. The molecule has 2 heteroatoms. The Hall–Kier alpha value is -1.70. The van der Waals surface area contributed by atoms with Crippen molar-refractivity contribution in [3.63, 3.8) is 0 Å². The molecule has 0 spiro atoms. The van der Waals surface area contributed by atoms with Gasteiger partial charge in [-0.05, 0) is 50.2 Å². The molecule has 1 rings (SSSR count). The highest BCUT2D eigenvalue weighted by molar-refractivity contribution is 5.48. The van der Waals surface area contributed by atoms with Crippen LogP contribution in [-0.4, -0.2) is 10.2 Å². The summed E-state index contributed by atoms with van der Waals surface area (Å²) >= 11 is 0. The largest absolute Gasteiger partial charge is 0.508 e. The van der Waals surface area contributed by atoms with Crippen LogP contribution in [0.15, 0.2) is 37.4 Å². The van der Waals surface area contributed by atoms with Gasteiger partial charge in [0.05, 0.1) is 0 Å². The molecule has 0 aliphatic heterocycles. The third-order valence-electron chi connectivity index (χ3n) is 3.03. The first-order chi connectivity index (χ1) is 8.70. The number of aromatic hydroxyl groups is 2. The highest BCUT2D eigenvalue weighted by atomic mass is 16.3. The first-order valence-corrected chi connectivity index (χ1v) is 6.45. The molecule has 0 aliphatic carbocycles. The molecule has 0 radical (unpaired) electrons. The minimum atomic E-state index is 0.184. The lowest BCUT2D eigenvalue weighted by molar-refractivity contribution is 0.432. The van der Waals surface area contributed by atoms with Crippen molar-refractivity contribution in [3.05, 3.63) is 48.6 Å². The van der Waals surface area contributed by atoms with Crippen molar-refractivity contribution in [1.29, 1.82) is 0 Å². The molecule has 0 saturated heterocycles. The van der Waals surface area contributed by atoms with Crippen LogP contribution in [0.5, 0.6) is 11.5 Å². The first-order valence-electron chi connectivity index (χ1n) is 6.45. The van der Waals surface area contributed by atoms with E-state index in [0.29, 0.717) is 12.0 Å². The summed E-state index contributed by atoms with van der Waals surface area (Å²) in [6.07, 6.45) is 8.90. The number of hydrogen-bond donors (Lipinski definition) is 2. The van der Waals surface area contributed by atoms with Crippen LogP contribution in [0.2, 0.25) is 0 Å². The summed E-state index contributed by atoms with van der Waals surface area (Å²) in [5.41, 5.74) is 1.57. The Kier molecular flexibility index (Phi) is 6.06. The lowest BCUT2D eigenvalue weighted by Gasteiger charge is -2.11. The number of benzene rings is 1. The van der Waals surface area contributed by atoms with Crippen LogP contribution in [-0.2, 0) is 12.8 Å². The van der Waals surface area contributed by atoms with E-state index in [0.717, 1.165) is 37.7 Å². The Labute approximate surface area is 109 Å². The smallest absolute Gasteiger partial charge is 0.125 e. The molecule has 0 bridgehead atoms. The van der Waals surface area contributed by atoms with Gasteiger partial charge in [-0.25, -0.2) is 0 Å². The van der Waals surface area contributed by atoms with E-state index in [1.807, 2.05) is 12.2 Å². The van der Waals surface area contributed by atoms with Gasteiger partial charge in [-0.3, -0.25) is 0 Å². The number of allylic oxidation sites excluding steroid dienone is 2. The van der Waals surface area contributed by atoms with E-state index in [4.69, 9.17) is 0 Å². The maximum Gasteiger partial charge on any atom is 0.125 e. The van der Waals surface area contributed by atoms with Crippen molar-refractivity contribution in [2.45, 2.75) is 38.5 Å². The van der Waals surface area contributed by atoms with Crippen molar-refractivity contribution < 1.29 is 10.2 Å². The normalized spacial score (nSPS) is 10.2. The molecule has 2 N–H and O–H groups in total. The molecular formula is C16H22O2. The highest BCUT2D eigenvalue weighted by Gasteiger charge is 2.11. The van der Waals surface area contributed by atoms with E-state index in [-0.39, 0.29) is 11.5 Å². The minimum absolute atomic E-state index is 0.184. The monoisotopic (exact) mass is 246 g/mol. The summed E-state index contributed by atoms with van der Waals surface area (Å²) < 4.78 is 0. The standard InChI is InChI=1S/C16H22O2/c1-3-5-7-9-13-11-12-15(17)14(16(13)18)10-8-6-4-2/h3-4,11-12,17-18H,1-2,5-10H2. The number of rotatable bonds is 8. The van der Waals surface area contributed by atoms with Crippen LogP contribution in [0.4, 0.5) is 0 Å². The van der Waals surface area contributed by atoms with Crippen molar-refractivity contribution in [1.82, 2.24) is 0 Å². The van der Waals surface area contributed by atoms with Crippen LogP contribution in [0.1, 0.15) is 36.8 Å². The number of phenols is 2. The molecular weight excluding hydrogens is 224 g/mol. The molecule has 0 amide bonds. The maximum atomic E-state index is 10.2. The quantitative estimate of drug-likeness (QED) is 0.535. The number of hydrogen-bond acceptors (Lipinski definition) is 2. The highest BCUT2D eigenvalue weighted by Crippen LogP contribution is 2.32. The average Bonchev–Trinajstić information content (AvgIpc) is 2.36. The summed E-state index contributed by atoms with van der Waals surface area (Å²) in [6, 6.07) is 3.47. The second-order valence-corrected chi connectivity index (χ2v) is 4.43. The van der Waals surface area contributed by atoms with E-state index < -0.39 is 0 Å². The van der Waals surface area contributed by atoms with Crippen LogP contribution >= 0.6 is 0 Å². The maximum absolute atomic E-state index is 10.2. The molecule has 1 aromatic carbocycles. The van der Waals surface area contributed by atoms with Crippen molar-refractivity contribution in [2.24, 2.45) is 0 Å². The topological polar surface area (TPSA) is 40.5 Å². The summed E-state index contributed by atoms with van der Waals surface area (Å²) in [4.78, 5) is 0. The van der Waals surface area contributed by atoms with Crippen molar-refractivity contribution >= 4 is 0 Å². The van der Waals surface area contributed by atoms with Crippen molar-refractivity contribution in [2.75, 3.05) is 0 Å². The molecule has 18 heavy (non-hydrogen) atoms. The summed E-state index contributed by atoms with van der Waals surface area (Å²) in [7, 11) is 0. The van der Waals surface area contributed by atoms with Gasteiger partial charge in [0.25, 0.3) is 0 Å². The van der Waals surface area contributed by atoms with E-state index >= 15 is 0 Å². The lowest BCUT2D eigenvalue weighted by Crippen LogP contribution is -1.93. The van der Waals surface area contributed by atoms with Gasteiger partial charge in [-0.2, -0.15) is 0 Å². The molecule has 0 aliphatic rings. The zero-order chi connectivity index (χ0) is 13.4. The van der Waals surface area contributed by atoms with E-state index in [1.165, 1.54) is 0 Å². The van der Waals surface area contributed by atoms with Gasteiger partial charge in [0.1, 0.15) is 11.5 Å². The molecule has 0 atom stereocenters. The lowest BCUT2D eigenvalue weighted by atomic mass is 9.99. The number of aryl methyl sites for hydroxylation is 1. The van der Waals surface area contributed by atoms with Crippen LogP contribution in [0.3, 0.4) is 0 Å². The van der Waals surface area contributed by atoms with E-state index in [9.17, 15) is 10.2 Å².